The lowest BCUT2D eigenvalue weighted by Crippen LogP contribution is -2.42. The molecular formula is C16H25NO3S. The highest BCUT2D eigenvalue weighted by Gasteiger charge is 2.41. The first-order valence-corrected chi connectivity index (χ1v) is 9.15. The number of hydrogen-bond acceptors (Lipinski definition) is 3. The molecule has 4 nitrogen and oxygen atoms in total. The summed E-state index contributed by atoms with van der Waals surface area (Å²) in [5.74, 6) is 0. The Bertz CT molecular complexity index is 553. The van der Waals surface area contributed by atoms with Crippen molar-refractivity contribution < 1.29 is 13.5 Å². The molecule has 1 aromatic rings. The Morgan fingerprint density at radius 3 is 2.38 bits per heavy atom. The summed E-state index contributed by atoms with van der Waals surface area (Å²) in [4.78, 5) is 0.329. The van der Waals surface area contributed by atoms with Crippen molar-refractivity contribution in [2.24, 2.45) is 0 Å². The number of hydrogen-bond donors (Lipinski definition) is 1. The van der Waals surface area contributed by atoms with Crippen LogP contribution in [0.15, 0.2) is 29.2 Å². The zero-order valence-electron chi connectivity index (χ0n) is 12.8. The van der Waals surface area contributed by atoms with Crippen LogP contribution in [0.1, 0.15) is 44.6 Å². The molecule has 5 heteroatoms. The molecule has 1 heterocycles. The van der Waals surface area contributed by atoms with Gasteiger partial charge in [0.15, 0.2) is 0 Å². The molecule has 1 saturated heterocycles. The van der Waals surface area contributed by atoms with Crippen LogP contribution in [0.4, 0.5) is 0 Å². The molecular weight excluding hydrogens is 286 g/mol. The number of unbranched alkanes of at least 4 members (excludes halogenated alkanes) is 1. The predicted molar refractivity (Wildman–Crippen MR) is 83.6 cm³/mol. The lowest BCUT2D eigenvalue weighted by Gasteiger charge is -2.28. The minimum Gasteiger partial charge on any atom is -0.395 e. The highest BCUT2D eigenvalue weighted by atomic mass is 32.2. The molecule has 0 radical (unpaired) electrons. The molecule has 1 N–H and O–H groups in total. The van der Waals surface area contributed by atoms with Crippen LogP contribution in [0.25, 0.3) is 0 Å². The second-order valence-electron chi connectivity index (χ2n) is 5.86. The van der Waals surface area contributed by atoms with E-state index in [1.165, 1.54) is 0 Å². The van der Waals surface area contributed by atoms with E-state index in [9.17, 15) is 13.5 Å². The molecule has 1 aliphatic rings. The summed E-state index contributed by atoms with van der Waals surface area (Å²) < 4.78 is 27.4. The summed E-state index contributed by atoms with van der Waals surface area (Å²) in [6.07, 6.45) is 4.53. The van der Waals surface area contributed by atoms with E-state index in [4.69, 9.17) is 0 Å². The van der Waals surface area contributed by atoms with E-state index in [1.807, 2.05) is 19.1 Å². The van der Waals surface area contributed by atoms with E-state index in [2.05, 4.69) is 6.92 Å². The van der Waals surface area contributed by atoms with Crippen molar-refractivity contribution in [3.05, 3.63) is 29.8 Å². The van der Waals surface area contributed by atoms with Gasteiger partial charge in [0.2, 0.25) is 10.0 Å². The number of sulfonamides is 1. The van der Waals surface area contributed by atoms with Crippen LogP contribution in [-0.2, 0) is 10.0 Å². The fourth-order valence-corrected chi connectivity index (χ4v) is 4.94. The lowest BCUT2D eigenvalue weighted by molar-refractivity contribution is 0.194. The van der Waals surface area contributed by atoms with Crippen LogP contribution in [-0.4, -0.2) is 36.5 Å². The summed E-state index contributed by atoms with van der Waals surface area (Å²) >= 11 is 0. The molecule has 1 aliphatic heterocycles. The standard InChI is InChI=1S/C16H25NO3S/c1-3-4-5-14-8-9-15(12-18)17(14)21(19,20)16-10-6-13(2)7-11-16/h6-7,10-11,14-15,18H,3-5,8-9,12H2,1-2H3/t14-,15+/m1/s1. The van der Waals surface area contributed by atoms with E-state index in [0.29, 0.717) is 4.90 Å². The van der Waals surface area contributed by atoms with Gasteiger partial charge in [-0.05, 0) is 38.3 Å². The fourth-order valence-electron chi connectivity index (χ4n) is 3.04. The van der Waals surface area contributed by atoms with Crippen molar-refractivity contribution >= 4 is 10.0 Å². The van der Waals surface area contributed by atoms with Crippen molar-refractivity contribution in [1.29, 1.82) is 0 Å². The second-order valence-corrected chi connectivity index (χ2v) is 7.70. The predicted octanol–water partition coefficient (Wildman–Crippen LogP) is 2.70. The zero-order valence-corrected chi connectivity index (χ0v) is 13.6. The van der Waals surface area contributed by atoms with Gasteiger partial charge >= 0.3 is 0 Å². The van der Waals surface area contributed by atoms with Crippen molar-refractivity contribution in [2.75, 3.05) is 6.61 Å². The maximum atomic E-state index is 12.9. The first kappa shape index (κ1) is 16.5. The Morgan fingerprint density at radius 1 is 1.19 bits per heavy atom. The van der Waals surface area contributed by atoms with E-state index in [0.717, 1.165) is 37.7 Å². The van der Waals surface area contributed by atoms with Gasteiger partial charge in [0.05, 0.1) is 11.5 Å². The Hall–Kier alpha value is -0.910. The number of aliphatic hydroxyl groups is 1. The highest BCUT2D eigenvalue weighted by Crippen LogP contribution is 2.33. The fraction of sp³-hybridized carbons (Fsp3) is 0.625. The summed E-state index contributed by atoms with van der Waals surface area (Å²) in [6, 6.07) is 6.70. The third kappa shape index (κ3) is 3.47. The summed E-state index contributed by atoms with van der Waals surface area (Å²) in [6.45, 7) is 3.94. The maximum absolute atomic E-state index is 12.9. The van der Waals surface area contributed by atoms with E-state index in [1.54, 1.807) is 16.4 Å². The molecule has 0 aromatic heterocycles. The third-order valence-corrected chi connectivity index (χ3v) is 6.27. The molecule has 0 aliphatic carbocycles. The molecule has 1 fully saturated rings. The average Bonchev–Trinajstić information content (AvgIpc) is 2.89. The molecule has 0 saturated carbocycles. The van der Waals surface area contributed by atoms with E-state index < -0.39 is 10.0 Å². The molecule has 1 aromatic carbocycles. The van der Waals surface area contributed by atoms with Crippen LogP contribution < -0.4 is 0 Å². The van der Waals surface area contributed by atoms with Crippen molar-refractivity contribution in [3.63, 3.8) is 0 Å². The Morgan fingerprint density at radius 2 is 1.81 bits per heavy atom. The molecule has 21 heavy (non-hydrogen) atoms. The summed E-state index contributed by atoms with van der Waals surface area (Å²) in [5.41, 5.74) is 1.04. The van der Waals surface area contributed by atoms with Gasteiger partial charge in [-0.25, -0.2) is 8.42 Å². The maximum Gasteiger partial charge on any atom is 0.243 e. The van der Waals surface area contributed by atoms with Crippen LogP contribution >= 0.6 is 0 Å². The molecule has 0 bridgehead atoms. The molecule has 2 atom stereocenters. The number of aliphatic hydroxyl groups excluding tert-OH is 1. The topological polar surface area (TPSA) is 57.6 Å². The van der Waals surface area contributed by atoms with Crippen LogP contribution in [0, 0.1) is 6.92 Å². The minimum absolute atomic E-state index is 0.0217. The van der Waals surface area contributed by atoms with Crippen molar-refractivity contribution in [3.8, 4) is 0 Å². The smallest absolute Gasteiger partial charge is 0.243 e. The second kappa shape index (κ2) is 6.90. The van der Waals surface area contributed by atoms with Crippen LogP contribution in [0.3, 0.4) is 0 Å². The summed E-state index contributed by atoms with van der Waals surface area (Å²) in [5, 5.41) is 9.53. The lowest BCUT2D eigenvalue weighted by atomic mass is 10.1. The van der Waals surface area contributed by atoms with Gasteiger partial charge in [0.1, 0.15) is 0 Å². The molecule has 2 rings (SSSR count). The van der Waals surface area contributed by atoms with Gasteiger partial charge in [-0.3, -0.25) is 0 Å². The minimum atomic E-state index is -3.52. The van der Waals surface area contributed by atoms with Gasteiger partial charge in [0.25, 0.3) is 0 Å². The van der Waals surface area contributed by atoms with Gasteiger partial charge in [-0.2, -0.15) is 4.31 Å². The van der Waals surface area contributed by atoms with Gasteiger partial charge in [0, 0.05) is 12.1 Å². The number of aryl methyl sites for hydroxylation is 1. The van der Waals surface area contributed by atoms with E-state index >= 15 is 0 Å². The number of nitrogens with zero attached hydrogens (tertiary/aromatic N) is 1. The number of rotatable bonds is 6. The molecule has 0 spiro atoms. The normalized spacial score (nSPS) is 23.6. The monoisotopic (exact) mass is 311 g/mol. The van der Waals surface area contributed by atoms with Crippen molar-refractivity contribution in [1.82, 2.24) is 4.31 Å². The molecule has 0 amide bonds. The molecule has 0 unspecified atom stereocenters. The SMILES string of the molecule is CCCC[C@@H]1CC[C@@H](CO)N1S(=O)(=O)c1ccc(C)cc1. The number of benzene rings is 1. The third-order valence-electron chi connectivity index (χ3n) is 4.25. The first-order valence-electron chi connectivity index (χ1n) is 7.71. The average molecular weight is 311 g/mol. The largest absolute Gasteiger partial charge is 0.395 e. The quantitative estimate of drug-likeness (QED) is 0.879. The van der Waals surface area contributed by atoms with Gasteiger partial charge in [-0.15, -0.1) is 0 Å². The molecule has 118 valence electrons. The van der Waals surface area contributed by atoms with Crippen LogP contribution in [0.2, 0.25) is 0 Å². The van der Waals surface area contributed by atoms with Crippen molar-refractivity contribution in [2.45, 2.75) is 62.9 Å². The van der Waals surface area contributed by atoms with E-state index in [-0.39, 0.29) is 18.7 Å². The van der Waals surface area contributed by atoms with Gasteiger partial charge in [-0.1, -0.05) is 37.5 Å². The highest BCUT2D eigenvalue weighted by molar-refractivity contribution is 7.89. The summed E-state index contributed by atoms with van der Waals surface area (Å²) in [7, 11) is -3.52. The first-order chi connectivity index (χ1) is 10.0. The van der Waals surface area contributed by atoms with Gasteiger partial charge < -0.3 is 5.11 Å². The zero-order chi connectivity index (χ0) is 15.5. The Labute approximate surface area is 127 Å². The Balaban J connectivity index is 2.31. The Kier molecular flexibility index (Phi) is 5.41. The van der Waals surface area contributed by atoms with Crippen LogP contribution in [0.5, 0.6) is 0 Å².